The van der Waals surface area contributed by atoms with Crippen LogP contribution < -0.4 is 14.8 Å². The van der Waals surface area contributed by atoms with Crippen molar-refractivity contribution in [2.24, 2.45) is 0 Å². The van der Waals surface area contributed by atoms with Crippen LogP contribution in [-0.4, -0.2) is 19.1 Å². The second-order valence-electron chi connectivity index (χ2n) is 6.90. The first-order valence-corrected chi connectivity index (χ1v) is 9.96. The minimum Gasteiger partial charge on any atom is -0.496 e. The molecule has 0 saturated carbocycles. The van der Waals surface area contributed by atoms with Crippen LogP contribution in [0, 0.1) is 0 Å². The Bertz CT molecular complexity index is 1010. The maximum Gasteiger partial charge on any atom is 0.255 e. The molecule has 3 aromatic rings. The number of benzene rings is 3. The quantitative estimate of drug-likeness (QED) is 0.459. The van der Waals surface area contributed by atoms with Crippen molar-refractivity contribution in [1.82, 2.24) is 0 Å². The van der Waals surface area contributed by atoms with Gasteiger partial charge in [-0.05, 0) is 62.4 Å². The third kappa shape index (κ3) is 5.75. The number of rotatable bonds is 8. The number of ether oxygens (including phenoxy) is 3. The molecule has 5 nitrogen and oxygen atoms in total. The summed E-state index contributed by atoms with van der Waals surface area (Å²) < 4.78 is 17.0. The predicted octanol–water partition coefficient (Wildman–Crippen LogP) is 6.32. The highest BCUT2D eigenvalue weighted by Gasteiger charge is 2.14. The van der Waals surface area contributed by atoms with Gasteiger partial charge >= 0.3 is 0 Å². The van der Waals surface area contributed by atoms with Crippen molar-refractivity contribution >= 4 is 23.2 Å². The molecule has 0 saturated heterocycles. The van der Waals surface area contributed by atoms with Gasteiger partial charge in [0, 0.05) is 16.1 Å². The molecule has 0 spiro atoms. The lowest BCUT2D eigenvalue weighted by Crippen LogP contribution is -2.13. The van der Waals surface area contributed by atoms with Crippen LogP contribution >= 0.6 is 11.6 Å². The first-order chi connectivity index (χ1) is 14.5. The lowest BCUT2D eigenvalue weighted by molar-refractivity contribution is 0.0644. The zero-order valence-electron chi connectivity index (χ0n) is 17.1. The van der Waals surface area contributed by atoms with E-state index in [1.54, 1.807) is 43.5 Å². The van der Waals surface area contributed by atoms with Gasteiger partial charge in [0.05, 0.1) is 25.5 Å². The van der Waals surface area contributed by atoms with E-state index in [2.05, 4.69) is 5.32 Å². The van der Waals surface area contributed by atoms with Crippen LogP contribution in [0.5, 0.6) is 17.2 Å². The van der Waals surface area contributed by atoms with Crippen LogP contribution in [0.25, 0.3) is 0 Å². The standard InChI is InChI=1S/C24H24ClNO4/c1-16(2)29-15-18-13-17(9-11-22(18)28-3)24(27)26-21-14-19(25)10-12-23(21)30-20-7-5-4-6-8-20/h4-14,16H,15H2,1-3H3,(H,26,27). The Hall–Kier alpha value is -3.02. The number of amides is 1. The predicted molar refractivity (Wildman–Crippen MR) is 119 cm³/mol. The third-order valence-corrected chi connectivity index (χ3v) is 4.51. The first kappa shape index (κ1) is 21.7. The van der Waals surface area contributed by atoms with E-state index in [0.29, 0.717) is 40.1 Å². The summed E-state index contributed by atoms with van der Waals surface area (Å²) in [5.41, 5.74) is 1.75. The zero-order valence-corrected chi connectivity index (χ0v) is 17.9. The van der Waals surface area contributed by atoms with Gasteiger partial charge in [-0.15, -0.1) is 0 Å². The zero-order chi connectivity index (χ0) is 21.5. The number of para-hydroxylation sites is 1. The summed E-state index contributed by atoms with van der Waals surface area (Å²) in [6, 6.07) is 19.6. The summed E-state index contributed by atoms with van der Waals surface area (Å²) in [4.78, 5) is 12.9. The topological polar surface area (TPSA) is 56.8 Å². The van der Waals surface area contributed by atoms with Crippen LogP contribution in [0.2, 0.25) is 5.02 Å². The van der Waals surface area contributed by atoms with Crippen molar-refractivity contribution < 1.29 is 19.0 Å². The Balaban J connectivity index is 1.83. The summed E-state index contributed by atoms with van der Waals surface area (Å²) in [6.45, 7) is 4.26. The molecule has 0 atom stereocenters. The number of carbonyl (C=O) groups excluding carboxylic acids is 1. The van der Waals surface area contributed by atoms with Gasteiger partial charge < -0.3 is 19.5 Å². The second kappa shape index (κ2) is 10.1. The van der Waals surface area contributed by atoms with Gasteiger partial charge in [-0.3, -0.25) is 4.79 Å². The maximum absolute atomic E-state index is 12.9. The summed E-state index contributed by atoms with van der Waals surface area (Å²) >= 11 is 6.15. The lowest BCUT2D eigenvalue weighted by Gasteiger charge is -2.15. The van der Waals surface area contributed by atoms with Crippen molar-refractivity contribution in [1.29, 1.82) is 0 Å². The molecule has 30 heavy (non-hydrogen) atoms. The number of anilines is 1. The molecule has 0 aliphatic rings. The summed E-state index contributed by atoms with van der Waals surface area (Å²) in [6.07, 6.45) is 0.0661. The van der Waals surface area contributed by atoms with Crippen molar-refractivity contribution in [3.8, 4) is 17.2 Å². The van der Waals surface area contributed by atoms with Crippen LogP contribution in [-0.2, 0) is 11.3 Å². The number of carbonyl (C=O) groups is 1. The number of nitrogens with one attached hydrogen (secondary N) is 1. The van der Waals surface area contributed by atoms with E-state index in [-0.39, 0.29) is 12.0 Å². The SMILES string of the molecule is COc1ccc(C(=O)Nc2cc(Cl)ccc2Oc2ccccc2)cc1COC(C)C. The van der Waals surface area contributed by atoms with Crippen molar-refractivity contribution in [2.75, 3.05) is 12.4 Å². The molecule has 0 radical (unpaired) electrons. The highest BCUT2D eigenvalue weighted by atomic mass is 35.5. The molecule has 0 fully saturated rings. The molecule has 3 aromatic carbocycles. The van der Waals surface area contributed by atoms with E-state index in [9.17, 15) is 4.79 Å². The van der Waals surface area contributed by atoms with E-state index in [0.717, 1.165) is 5.56 Å². The Morgan fingerprint density at radius 3 is 2.43 bits per heavy atom. The molecular weight excluding hydrogens is 402 g/mol. The first-order valence-electron chi connectivity index (χ1n) is 9.58. The molecule has 0 heterocycles. The highest BCUT2D eigenvalue weighted by molar-refractivity contribution is 6.31. The fourth-order valence-corrected chi connectivity index (χ4v) is 2.96. The van der Waals surface area contributed by atoms with E-state index >= 15 is 0 Å². The van der Waals surface area contributed by atoms with Crippen molar-refractivity contribution in [3.05, 3.63) is 82.9 Å². The molecule has 0 aliphatic heterocycles. The van der Waals surface area contributed by atoms with E-state index in [1.165, 1.54) is 0 Å². The molecule has 0 aromatic heterocycles. The summed E-state index contributed by atoms with van der Waals surface area (Å²) in [5.74, 6) is 1.54. The molecule has 156 valence electrons. The fourth-order valence-electron chi connectivity index (χ4n) is 2.79. The van der Waals surface area contributed by atoms with Gasteiger partial charge in [0.1, 0.15) is 11.5 Å². The number of halogens is 1. The molecule has 0 unspecified atom stereocenters. The summed E-state index contributed by atoms with van der Waals surface area (Å²) in [7, 11) is 1.59. The summed E-state index contributed by atoms with van der Waals surface area (Å²) in [5, 5.41) is 3.38. The van der Waals surface area contributed by atoms with Gasteiger partial charge in [0.25, 0.3) is 5.91 Å². The fraction of sp³-hybridized carbons (Fsp3) is 0.208. The number of methoxy groups -OCH3 is 1. The van der Waals surface area contributed by atoms with Gasteiger partial charge in [0.2, 0.25) is 0 Å². The monoisotopic (exact) mass is 425 g/mol. The number of hydrogen-bond donors (Lipinski definition) is 1. The molecule has 6 heteroatoms. The van der Waals surface area contributed by atoms with Gasteiger partial charge in [-0.1, -0.05) is 29.8 Å². The number of hydrogen-bond acceptors (Lipinski definition) is 4. The highest BCUT2D eigenvalue weighted by Crippen LogP contribution is 2.32. The Kier molecular flexibility index (Phi) is 7.33. The Morgan fingerprint density at radius 1 is 1.00 bits per heavy atom. The van der Waals surface area contributed by atoms with E-state index in [1.807, 2.05) is 44.2 Å². The normalized spacial score (nSPS) is 10.7. The van der Waals surface area contributed by atoms with Crippen LogP contribution in [0.4, 0.5) is 5.69 Å². The van der Waals surface area contributed by atoms with Crippen LogP contribution in [0.3, 0.4) is 0 Å². The molecule has 0 aliphatic carbocycles. The molecular formula is C24H24ClNO4. The molecule has 0 bridgehead atoms. The molecule has 1 N–H and O–H groups in total. The Labute approximate surface area is 181 Å². The second-order valence-corrected chi connectivity index (χ2v) is 7.33. The van der Waals surface area contributed by atoms with Crippen LogP contribution in [0.1, 0.15) is 29.8 Å². The van der Waals surface area contributed by atoms with Crippen LogP contribution in [0.15, 0.2) is 66.7 Å². The van der Waals surface area contributed by atoms with Gasteiger partial charge in [0.15, 0.2) is 5.75 Å². The average Bonchev–Trinajstić information content (AvgIpc) is 2.74. The largest absolute Gasteiger partial charge is 0.496 e. The van der Waals surface area contributed by atoms with E-state index < -0.39 is 0 Å². The van der Waals surface area contributed by atoms with E-state index in [4.69, 9.17) is 25.8 Å². The lowest BCUT2D eigenvalue weighted by atomic mass is 10.1. The van der Waals surface area contributed by atoms with Crippen molar-refractivity contribution in [2.45, 2.75) is 26.6 Å². The van der Waals surface area contributed by atoms with Gasteiger partial charge in [-0.25, -0.2) is 0 Å². The molecule has 1 amide bonds. The third-order valence-electron chi connectivity index (χ3n) is 4.28. The van der Waals surface area contributed by atoms with Gasteiger partial charge in [-0.2, -0.15) is 0 Å². The van der Waals surface area contributed by atoms with Crippen molar-refractivity contribution in [3.63, 3.8) is 0 Å². The minimum absolute atomic E-state index is 0.0661. The Morgan fingerprint density at radius 2 is 1.73 bits per heavy atom. The maximum atomic E-state index is 12.9. The average molecular weight is 426 g/mol. The minimum atomic E-state index is -0.288. The smallest absolute Gasteiger partial charge is 0.255 e. The molecule has 3 rings (SSSR count).